The second kappa shape index (κ2) is 3.00. The van der Waals surface area contributed by atoms with Gasteiger partial charge in [0.05, 0.1) is 5.75 Å². The number of hydrogen-bond acceptors (Lipinski definition) is 2. The van der Waals surface area contributed by atoms with Crippen molar-refractivity contribution < 1.29 is 8.42 Å². The first-order valence-corrected chi connectivity index (χ1v) is 5.94. The van der Waals surface area contributed by atoms with Crippen LogP contribution in [0.2, 0.25) is 0 Å². The fourth-order valence-electron chi connectivity index (χ4n) is 1.07. The maximum atomic E-state index is 11.4. The summed E-state index contributed by atoms with van der Waals surface area (Å²) < 4.78 is 25.4. The predicted octanol–water partition coefficient (Wildman–Crippen LogP) is 1.11. The molecule has 1 N–H and O–H groups in total. The summed E-state index contributed by atoms with van der Waals surface area (Å²) in [5.41, 5.74) is -0.152. The van der Waals surface area contributed by atoms with Gasteiger partial charge in [-0.3, -0.25) is 0 Å². The van der Waals surface area contributed by atoms with Crippen molar-refractivity contribution in [3.8, 4) is 0 Å². The van der Waals surface area contributed by atoms with Crippen molar-refractivity contribution in [2.75, 3.05) is 5.75 Å². The minimum atomic E-state index is -3.03. The molecule has 72 valence electrons. The maximum absolute atomic E-state index is 11.4. The van der Waals surface area contributed by atoms with Gasteiger partial charge in [-0.2, -0.15) is 0 Å². The third-order valence-corrected chi connectivity index (χ3v) is 3.49. The zero-order chi connectivity index (χ0) is 9.41. The van der Waals surface area contributed by atoms with Crippen LogP contribution in [0.4, 0.5) is 0 Å². The van der Waals surface area contributed by atoms with Crippen LogP contribution in [0.5, 0.6) is 0 Å². The summed E-state index contributed by atoms with van der Waals surface area (Å²) in [5, 5.41) is 0. The van der Waals surface area contributed by atoms with Gasteiger partial charge in [-0.1, -0.05) is 20.8 Å². The van der Waals surface area contributed by atoms with E-state index in [-0.39, 0.29) is 17.2 Å². The molecule has 0 atom stereocenters. The lowest BCUT2D eigenvalue weighted by atomic mass is 10.0. The smallest absolute Gasteiger partial charge is 0.212 e. The van der Waals surface area contributed by atoms with Crippen LogP contribution in [0.1, 0.15) is 33.6 Å². The van der Waals surface area contributed by atoms with Gasteiger partial charge in [0.25, 0.3) is 0 Å². The van der Waals surface area contributed by atoms with E-state index in [4.69, 9.17) is 0 Å². The van der Waals surface area contributed by atoms with Crippen molar-refractivity contribution in [2.24, 2.45) is 5.41 Å². The fraction of sp³-hybridized carbons (Fsp3) is 1.00. The number of hydrogen-bond donors (Lipinski definition) is 1. The van der Waals surface area contributed by atoms with E-state index in [1.54, 1.807) is 0 Å². The Bertz CT molecular complexity index is 247. The lowest BCUT2D eigenvalue weighted by molar-refractivity contribution is 0.458. The Hall–Kier alpha value is -0.0900. The molecule has 0 amide bonds. The molecule has 3 nitrogen and oxygen atoms in total. The molecule has 4 heteroatoms. The van der Waals surface area contributed by atoms with Crippen LogP contribution in [0, 0.1) is 5.41 Å². The van der Waals surface area contributed by atoms with Crippen molar-refractivity contribution in [1.82, 2.24) is 4.72 Å². The quantitative estimate of drug-likeness (QED) is 0.726. The van der Waals surface area contributed by atoms with Crippen molar-refractivity contribution in [3.63, 3.8) is 0 Å². The molecular weight excluding hydrogens is 174 g/mol. The third-order valence-electron chi connectivity index (χ3n) is 1.55. The van der Waals surface area contributed by atoms with Crippen molar-refractivity contribution in [2.45, 2.75) is 39.7 Å². The highest BCUT2D eigenvalue weighted by molar-refractivity contribution is 7.89. The molecule has 0 unspecified atom stereocenters. The van der Waals surface area contributed by atoms with Crippen LogP contribution >= 0.6 is 0 Å². The topological polar surface area (TPSA) is 46.2 Å². The molecule has 1 aliphatic carbocycles. The first-order valence-electron chi connectivity index (χ1n) is 4.28. The molecule has 1 saturated carbocycles. The van der Waals surface area contributed by atoms with E-state index in [0.29, 0.717) is 0 Å². The van der Waals surface area contributed by atoms with Gasteiger partial charge in [0, 0.05) is 6.04 Å². The van der Waals surface area contributed by atoms with Crippen molar-refractivity contribution in [3.05, 3.63) is 0 Å². The molecule has 0 radical (unpaired) electrons. The summed E-state index contributed by atoms with van der Waals surface area (Å²) in [6.07, 6.45) is 2.01. The Morgan fingerprint density at radius 3 is 2.17 bits per heavy atom. The van der Waals surface area contributed by atoms with Crippen LogP contribution in [-0.4, -0.2) is 20.2 Å². The number of sulfonamides is 1. The third kappa shape index (κ3) is 4.07. The summed E-state index contributed by atoms with van der Waals surface area (Å²) in [4.78, 5) is 0. The number of rotatable bonds is 3. The largest absolute Gasteiger partial charge is 0.212 e. The van der Waals surface area contributed by atoms with Gasteiger partial charge in [-0.05, 0) is 18.3 Å². The lowest BCUT2D eigenvalue weighted by Gasteiger charge is -2.17. The molecule has 1 rings (SSSR count). The van der Waals surface area contributed by atoms with Crippen LogP contribution in [-0.2, 0) is 10.0 Å². The molecule has 0 bridgehead atoms. The van der Waals surface area contributed by atoms with E-state index >= 15 is 0 Å². The van der Waals surface area contributed by atoms with Gasteiger partial charge in [-0.25, -0.2) is 13.1 Å². The highest BCUT2D eigenvalue weighted by Gasteiger charge is 2.29. The van der Waals surface area contributed by atoms with E-state index in [2.05, 4.69) is 4.72 Å². The van der Waals surface area contributed by atoms with Gasteiger partial charge in [0.1, 0.15) is 0 Å². The Balaban J connectivity index is 2.47. The molecule has 0 heterocycles. The Kier molecular flexibility index (Phi) is 2.50. The van der Waals surface area contributed by atoms with Crippen LogP contribution < -0.4 is 4.72 Å². The van der Waals surface area contributed by atoms with Gasteiger partial charge in [0.15, 0.2) is 0 Å². The van der Waals surface area contributed by atoms with Gasteiger partial charge >= 0.3 is 0 Å². The average Bonchev–Trinajstić information content (AvgIpc) is 2.39. The van der Waals surface area contributed by atoms with E-state index in [1.807, 2.05) is 20.8 Å². The van der Waals surface area contributed by atoms with Crippen LogP contribution in [0.25, 0.3) is 0 Å². The van der Waals surface area contributed by atoms with Crippen LogP contribution in [0.15, 0.2) is 0 Å². The summed E-state index contributed by atoms with van der Waals surface area (Å²) in [5.74, 6) is 0.219. The molecule has 0 aliphatic heterocycles. The SMILES string of the molecule is CC(C)(C)CS(=O)(=O)NC1CC1. The van der Waals surface area contributed by atoms with E-state index in [1.165, 1.54) is 0 Å². The fourth-order valence-corrected chi connectivity index (χ4v) is 3.03. The van der Waals surface area contributed by atoms with Crippen molar-refractivity contribution in [1.29, 1.82) is 0 Å². The van der Waals surface area contributed by atoms with E-state index < -0.39 is 10.0 Å². The van der Waals surface area contributed by atoms with E-state index in [9.17, 15) is 8.42 Å². The molecule has 0 aromatic rings. The molecule has 1 aliphatic rings. The molecule has 1 fully saturated rings. The van der Waals surface area contributed by atoms with Gasteiger partial charge in [0.2, 0.25) is 10.0 Å². The number of nitrogens with one attached hydrogen (secondary N) is 1. The summed E-state index contributed by atoms with van der Waals surface area (Å²) >= 11 is 0. The lowest BCUT2D eigenvalue weighted by Crippen LogP contribution is -2.33. The Labute approximate surface area is 74.6 Å². The second-order valence-electron chi connectivity index (χ2n) is 4.71. The van der Waals surface area contributed by atoms with Crippen LogP contribution in [0.3, 0.4) is 0 Å². The van der Waals surface area contributed by atoms with Gasteiger partial charge in [-0.15, -0.1) is 0 Å². The zero-order valence-corrected chi connectivity index (χ0v) is 8.74. The molecule has 0 aromatic heterocycles. The minimum absolute atomic E-state index is 0.152. The molecule has 0 spiro atoms. The molecule has 12 heavy (non-hydrogen) atoms. The first kappa shape index (κ1) is 9.99. The monoisotopic (exact) mass is 191 g/mol. The zero-order valence-electron chi connectivity index (χ0n) is 7.92. The Morgan fingerprint density at radius 1 is 1.33 bits per heavy atom. The maximum Gasteiger partial charge on any atom is 0.212 e. The second-order valence-corrected chi connectivity index (χ2v) is 6.47. The van der Waals surface area contributed by atoms with E-state index in [0.717, 1.165) is 12.8 Å². The average molecular weight is 191 g/mol. The summed E-state index contributed by atoms with van der Waals surface area (Å²) in [7, 11) is -3.03. The first-order chi connectivity index (χ1) is 5.29. The highest BCUT2D eigenvalue weighted by atomic mass is 32.2. The highest BCUT2D eigenvalue weighted by Crippen LogP contribution is 2.22. The summed E-state index contributed by atoms with van der Waals surface area (Å²) in [6, 6.07) is 0.234. The predicted molar refractivity (Wildman–Crippen MR) is 49.4 cm³/mol. The van der Waals surface area contributed by atoms with Crippen molar-refractivity contribution >= 4 is 10.0 Å². The molecule has 0 saturated heterocycles. The minimum Gasteiger partial charge on any atom is -0.212 e. The standard InChI is InChI=1S/C8H17NO2S/c1-8(2,3)6-12(10,11)9-7-4-5-7/h7,9H,4-6H2,1-3H3. The summed E-state index contributed by atoms with van der Waals surface area (Å²) in [6.45, 7) is 5.79. The molecule has 0 aromatic carbocycles. The Morgan fingerprint density at radius 2 is 1.83 bits per heavy atom. The normalized spacial score (nSPS) is 19.6. The molecular formula is C8H17NO2S. The van der Waals surface area contributed by atoms with Gasteiger partial charge < -0.3 is 0 Å².